The van der Waals surface area contributed by atoms with Crippen LogP contribution in [-0.4, -0.2) is 48.8 Å². The van der Waals surface area contributed by atoms with Gasteiger partial charge in [-0.2, -0.15) is 5.26 Å². The third-order valence-electron chi connectivity index (χ3n) is 0.751. The van der Waals surface area contributed by atoms with Crippen LogP contribution in [0.15, 0.2) is 0 Å². The summed E-state index contributed by atoms with van der Waals surface area (Å²) in [6, 6.07) is 1.70. The maximum Gasteiger partial charge on any atom is 0.207 e. The number of rotatable bonds is 4. The third-order valence-corrected chi connectivity index (χ3v) is 0.751. The number of carbonyl (C=O) groups excluding carboxylic acids is 2. The third kappa shape index (κ3) is 5.76. The van der Waals surface area contributed by atoms with Crippen LogP contribution < -0.4 is 5.32 Å². The molecule has 1 atom stereocenters. The van der Waals surface area contributed by atoms with E-state index < -0.39 is 5.92 Å². The van der Waals surface area contributed by atoms with Crippen LogP contribution in [0.25, 0.3) is 0 Å². The van der Waals surface area contributed by atoms with Gasteiger partial charge in [0, 0.05) is 36.1 Å². The molecular weight excluding hydrogens is 143 g/mol. The van der Waals surface area contributed by atoms with Gasteiger partial charge in [-0.25, -0.2) is 0 Å². The maximum atomic E-state index is 9.86. The van der Waals surface area contributed by atoms with E-state index in [0.29, 0.717) is 12.7 Å². The largest absolute Gasteiger partial charge is 0.357 e. The van der Waals surface area contributed by atoms with E-state index in [2.05, 4.69) is 5.32 Å². The van der Waals surface area contributed by atoms with Crippen molar-refractivity contribution in [2.45, 2.75) is 0 Å². The van der Waals surface area contributed by atoms with Crippen molar-refractivity contribution in [3.05, 3.63) is 0 Å². The zero-order valence-electron chi connectivity index (χ0n) is 5.70. The molecule has 0 saturated heterocycles. The van der Waals surface area contributed by atoms with Gasteiger partial charge in [-0.15, -0.1) is 0 Å². The van der Waals surface area contributed by atoms with E-state index >= 15 is 0 Å². The molecule has 0 aliphatic heterocycles. The Morgan fingerprint density at radius 1 is 1.60 bits per heavy atom. The Kier molecular flexibility index (Phi) is 10.6. The van der Waals surface area contributed by atoms with Crippen LogP contribution in [-0.2, 0) is 9.59 Å². The van der Waals surface area contributed by atoms with Gasteiger partial charge in [0.1, 0.15) is 12.2 Å². The average molecular weight is 149 g/mol. The standard InChI is InChI=1S/C5H6N2O2.Na/c6-1-5(3-8)2-7-4-9;/h3-5H,2H2,(H,7,9);. The summed E-state index contributed by atoms with van der Waals surface area (Å²) in [7, 11) is 0. The summed E-state index contributed by atoms with van der Waals surface area (Å²) >= 11 is 0. The molecule has 10 heavy (non-hydrogen) atoms. The van der Waals surface area contributed by atoms with Crippen LogP contribution in [0.2, 0.25) is 0 Å². The van der Waals surface area contributed by atoms with Crippen molar-refractivity contribution in [1.82, 2.24) is 5.32 Å². The van der Waals surface area contributed by atoms with E-state index in [9.17, 15) is 9.59 Å². The van der Waals surface area contributed by atoms with Crippen LogP contribution in [0.5, 0.6) is 0 Å². The second kappa shape index (κ2) is 8.63. The van der Waals surface area contributed by atoms with Crippen LogP contribution >= 0.6 is 0 Å². The Balaban J connectivity index is 0. The monoisotopic (exact) mass is 149 g/mol. The molecule has 1 amide bonds. The molecule has 0 aliphatic rings. The van der Waals surface area contributed by atoms with Crippen molar-refractivity contribution < 1.29 is 9.59 Å². The van der Waals surface area contributed by atoms with E-state index in [1.807, 2.05) is 0 Å². The van der Waals surface area contributed by atoms with E-state index in [1.54, 1.807) is 6.07 Å². The zero-order valence-corrected chi connectivity index (χ0v) is 7.70. The fourth-order valence-electron chi connectivity index (χ4n) is 0.299. The van der Waals surface area contributed by atoms with E-state index in [0.717, 1.165) is 0 Å². The number of nitriles is 1. The number of nitrogens with zero attached hydrogens (tertiary/aromatic N) is 1. The molecule has 49 valence electrons. The summed E-state index contributed by atoms with van der Waals surface area (Å²) in [6.07, 6.45) is 0.949. The van der Waals surface area contributed by atoms with Crippen LogP contribution in [0.1, 0.15) is 0 Å². The molecule has 5 heteroatoms. The summed E-state index contributed by atoms with van der Waals surface area (Å²) < 4.78 is 0. The molecule has 0 spiro atoms. The van der Waals surface area contributed by atoms with Gasteiger partial charge in [0.25, 0.3) is 0 Å². The van der Waals surface area contributed by atoms with Gasteiger partial charge < -0.3 is 10.1 Å². The molecule has 0 heterocycles. The molecule has 1 unspecified atom stereocenters. The minimum absolute atomic E-state index is 0. The molecular formula is C5H6N2NaO2. The van der Waals surface area contributed by atoms with Crippen LogP contribution in [0.3, 0.4) is 0 Å². The van der Waals surface area contributed by atoms with Crippen molar-refractivity contribution in [2.75, 3.05) is 6.54 Å². The number of nitrogens with one attached hydrogen (secondary N) is 1. The number of carbonyl (C=O) groups is 2. The number of hydrogen-bond acceptors (Lipinski definition) is 3. The van der Waals surface area contributed by atoms with Gasteiger partial charge in [0.05, 0.1) is 6.07 Å². The molecule has 0 aromatic carbocycles. The average Bonchev–Trinajstić information content (AvgIpc) is 1.91. The second-order valence-corrected chi connectivity index (χ2v) is 1.40. The Hall–Kier alpha value is -0.370. The molecule has 0 rings (SSSR count). The van der Waals surface area contributed by atoms with Crippen molar-refractivity contribution in [3.63, 3.8) is 0 Å². The molecule has 1 radical (unpaired) electrons. The Bertz CT molecular complexity index is 143. The molecule has 1 N–H and O–H groups in total. The molecule has 0 bridgehead atoms. The molecule has 0 saturated carbocycles. The minimum atomic E-state index is -0.713. The fourth-order valence-corrected chi connectivity index (χ4v) is 0.299. The molecule has 4 nitrogen and oxygen atoms in total. The maximum absolute atomic E-state index is 9.86. The zero-order chi connectivity index (χ0) is 7.11. The smallest absolute Gasteiger partial charge is 0.207 e. The van der Waals surface area contributed by atoms with Gasteiger partial charge >= 0.3 is 0 Å². The summed E-state index contributed by atoms with van der Waals surface area (Å²) in [5.41, 5.74) is 0. The van der Waals surface area contributed by atoms with Crippen LogP contribution in [0, 0.1) is 17.2 Å². The van der Waals surface area contributed by atoms with Gasteiger partial charge in [0.15, 0.2) is 0 Å². The SMILES string of the molecule is N#CC(C=O)CNC=O.[Na]. The molecule has 0 aromatic heterocycles. The van der Waals surface area contributed by atoms with E-state index in [4.69, 9.17) is 5.26 Å². The second-order valence-electron chi connectivity index (χ2n) is 1.40. The first-order valence-corrected chi connectivity index (χ1v) is 2.37. The molecule has 0 aromatic rings. The summed E-state index contributed by atoms with van der Waals surface area (Å²) in [5.74, 6) is -0.713. The number of hydrogen-bond donors (Lipinski definition) is 1. The number of aldehydes is 1. The minimum Gasteiger partial charge on any atom is -0.357 e. The van der Waals surface area contributed by atoms with Gasteiger partial charge in [-0.1, -0.05) is 0 Å². The van der Waals surface area contributed by atoms with E-state index in [1.165, 1.54) is 0 Å². The van der Waals surface area contributed by atoms with Crippen molar-refractivity contribution >= 4 is 42.3 Å². The quantitative estimate of drug-likeness (QED) is 0.398. The number of amides is 1. The first-order chi connectivity index (χ1) is 4.35. The van der Waals surface area contributed by atoms with Gasteiger partial charge in [-0.05, 0) is 0 Å². The topological polar surface area (TPSA) is 70.0 Å². The predicted octanol–water partition coefficient (Wildman–Crippen LogP) is -1.31. The summed E-state index contributed by atoms with van der Waals surface area (Å²) in [4.78, 5) is 19.5. The van der Waals surface area contributed by atoms with Crippen molar-refractivity contribution in [3.8, 4) is 6.07 Å². The van der Waals surface area contributed by atoms with Gasteiger partial charge in [-0.3, -0.25) is 4.79 Å². The Labute approximate surface area is 80.9 Å². The first-order valence-electron chi connectivity index (χ1n) is 2.37. The summed E-state index contributed by atoms with van der Waals surface area (Å²) in [5, 5.41) is 10.3. The van der Waals surface area contributed by atoms with Crippen molar-refractivity contribution in [2.24, 2.45) is 5.92 Å². The van der Waals surface area contributed by atoms with Gasteiger partial charge in [0.2, 0.25) is 6.41 Å². The van der Waals surface area contributed by atoms with Crippen molar-refractivity contribution in [1.29, 1.82) is 5.26 Å². The first kappa shape index (κ1) is 12.3. The molecule has 0 fully saturated rings. The normalized spacial score (nSPS) is 9.90. The Morgan fingerprint density at radius 2 is 2.20 bits per heavy atom. The molecule has 0 aliphatic carbocycles. The summed E-state index contributed by atoms with van der Waals surface area (Å²) in [6.45, 7) is 0.101. The van der Waals surface area contributed by atoms with Crippen LogP contribution in [0.4, 0.5) is 0 Å². The Morgan fingerprint density at radius 3 is 2.50 bits per heavy atom. The fraction of sp³-hybridized carbons (Fsp3) is 0.400. The predicted molar refractivity (Wildman–Crippen MR) is 35.0 cm³/mol. The van der Waals surface area contributed by atoms with E-state index in [-0.39, 0.29) is 36.1 Å².